The molecule has 0 atom stereocenters. The third-order valence-corrected chi connectivity index (χ3v) is 2.99. The van der Waals surface area contributed by atoms with Crippen LogP contribution in [0.4, 0.5) is 0 Å². The molecule has 0 bridgehead atoms. The minimum absolute atomic E-state index is 1.23. The molecular formula is C14H13N. The van der Waals surface area contributed by atoms with Crippen molar-refractivity contribution in [1.29, 1.82) is 0 Å². The van der Waals surface area contributed by atoms with Crippen molar-refractivity contribution in [3.63, 3.8) is 0 Å². The van der Waals surface area contributed by atoms with E-state index in [4.69, 9.17) is 0 Å². The fourth-order valence-electron chi connectivity index (χ4n) is 2.25. The first kappa shape index (κ1) is 8.54. The summed E-state index contributed by atoms with van der Waals surface area (Å²) < 4.78 is 0. The van der Waals surface area contributed by atoms with E-state index >= 15 is 0 Å². The lowest BCUT2D eigenvalue weighted by atomic mass is 10.1. The highest BCUT2D eigenvalue weighted by atomic mass is 14.7. The molecule has 3 aromatic rings. The van der Waals surface area contributed by atoms with E-state index in [1.807, 2.05) is 0 Å². The maximum Gasteiger partial charge on any atom is 0.0467 e. The summed E-state index contributed by atoms with van der Waals surface area (Å²) in [5.74, 6) is 0. The summed E-state index contributed by atoms with van der Waals surface area (Å²) in [5, 5.41) is 2.69. The van der Waals surface area contributed by atoms with Crippen LogP contribution in [0.2, 0.25) is 0 Å². The van der Waals surface area contributed by atoms with Crippen LogP contribution in [0, 0.1) is 13.8 Å². The Kier molecular flexibility index (Phi) is 1.63. The van der Waals surface area contributed by atoms with Gasteiger partial charge in [-0.05, 0) is 37.6 Å². The van der Waals surface area contributed by atoms with Crippen LogP contribution in [0.1, 0.15) is 11.1 Å². The lowest BCUT2D eigenvalue weighted by Gasteiger charge is -1.96. The molecule has 0 aliphatic carbocycles. The van der Waals surface area contributed by atoms with E-state index in [-0.39, 0.29) is 0 Å². The molecule has 15 heavy (non-hydrogen) atoms. The number of aromatic nitrogens is 1. The van der Waals surface area contributed by atoms with E-state index in [2.05, 4.69) is 55.2 Å². The number of nitrogens with one attached hydrogen (secondary N) is 1. The van der Waals surface area contributed by atoms with E-state index in [0.717, 1.165) is 0 Å². The Balaban J connectivity index is 2.61. The van der Waals surface area contributed by atoms with Gasteiger partial charge in [-0.2, -0.15) is 0 Å². The van der Waals surface area contributed by atoms with Crippen molar-refractivity contribution >= 4 is 21.8 Å². The Labute approximate surface area is 88.7 Å². The number of hydrogen-bond acceptors (Lipinski definition) is 0. The Morgan fingerprint density at radius 1 is 0.933 bits per heavy atom. The van der Waals surface area contributed by atoms with Crippen LogP contribution in [0.3, 0.4) is 0 Å². The maximum atomic E-state index is 3.45. The van der Waals surface area contributed by atoms with Crippen LogP contribution >= 0.6 is 0 Å². The number of hydrogen-bond donors (Lipinski definition) is 1. The van der Waals surface area contributed by atoms with Gasteiger partial charge in [0.1, 0.15) is 0 Å². The molecule has 1 aromatic heterocycles. The molecule has 0 spiro atoms. The summed E-state index contributed by atoms with van der Waals surface area (Å²) in [6, 6.07) is 13.0. The second-order valence-corrected chi connectivity index (χ2v) is 4.17. The number of aromatic amines is 1. The minimum Gasteiger partial charge on any atom is -0.355 e. The Morgan fingerprint density at radius 2 is 1.80 bits per heavy atom. The number of aryl methyl sites for hydroxylation is 2. The third-order valence-electron chi connectivity index (χ3n) is 2.99. The van der Waals surface area contributed by atoms with Crippen molar-refractivity contribution in [2.75, 3.05) is 0 Å². The molecule has 2 aromatic carbocycles. The maximum absolute atomic E-state index is 3.45. The van der Waals surface area contributed by atoms with Crippen LogP contribution in [-0.4, -0.2) is 4.98 Å². The predicted octanol–water partition coefficient (Wildman–Crippen LogP) is 3.94. The summed E-state index contributed by atoms with van der Waals surface area (Å²) in [7, 11) is 0. The molecule has 1 nitrogen and oxygen atoms in total. The van der Waals surface area contributed by atoms with Crippen molar-refractivity contribution in [2.45, 2.75) is 13.8 Å². The van der Waals surface area contributed by atoms with Crippen LogP contribution in [-0.2, 0) is 0 Å². The van der Waals surface area contributed by atoms with Crippen molar-refractivity contribution in [2.24, 2.45) is 0 Å². The third kappa shape index (κ3) is 1.16. The highest BCUT2D eigenvalue weighted by molar-refractivity contribution is 6.08. The highest BCUT2D eigenvalue weighted by Crippen LogP contribution is 2.28. The molecule has 1 heteroatoms. The number of fused-ring (bicyclic) bond motifs is 3. The minimum atomic E-state index is 1.23. The van der Waals surface area contributed by atoms with Gasteiger partial charge in [0.05, 0.1) is 0 Å². The van der Waals surface area contributed by atoms with Gasteiger partial charge in [0.25, 0.3) is 0 Å². The molecule has 3 rings (SSSR count). The van der Waals surface area contributed by atoms with Gasteiger partial charge in [0.15, 0.2) is 0 Å². The first-order valence-electron chi connectivity index (χ1n) is 5.23. The zero-order valence-electron chi connectivity index (χ0n) is 8.96. The summed E-state index contributed by atoms with van der Waals surface area (Å²) in [6.45, 7) is 4.30. The average molecular weight is 195 g/mol. The molecule has 0 saturated carbocycles. The van der Waals surface area contributed by atoms with Crippen molar-refractivity contribution in [3.05, 3.63) is 47.5 Å². The summed E-state index contributed by atoms with van der Waals surface area (Å²) >= 11 is 0. The van der Waals surface area contributed by atoms with Crippen molar-refractivity contribution in [1.82, 2.24) is 4.98 Å². The summed E-state index contributed by atoms with van der Waals surface area (Å²) in [4.78, 5) is 3.45. The van der Waals surface area contributed by atoms with Gasteiger partial charge in [-0.3, -0.25) is 0 Å². The van der Waals surface area contributed by atoms with Gasteiger partial charge < -0.3 is 4.98 Å². The van der Waals surface area contributed by atoms with Gasteiger partial charge in [0, 0.05) is 21.8 Å². The van der Waals surface area contributed by atoms with Gasteiger partial charge in [0.2, 0.25) is 0 Å². The zero-order chi connectivity index (χ0) is 10.4. The molecule has 74 valence electrons. The number of benzene rings is 2. The van der Waals surface area contributed by atoms with Crippen LogP contribution in [0.5, 0.6) is 0 Å². The molecule has 0 fully saturated rings. The SMILES string of the molecule is Cc1ccc2[nH]c3cccc(C)c3c2c1. The average Bonchev–Trinajstić information content (AvgIpc) is 2.57. The van der Waals surface area contributed by atoms with Crippen LogP contribution in [0.15, 0.2) is 36.4 Å². The van der Waals surface area contributed by atoms with E-state index in [1.165, 1.54) is 32.9 Å². The molecule has 0 aliphatic heterocycles. The van der Waals surface area contributed by atoms with E-state index in [0.29, 0.717) is 0 Å². The highest BCUT2D eigenvalue weighted by Gasteiger charge is 2.05. The van der Waals surface area contributed by atoms with Crippen molar-refractivity contribution in [3.8, 4) is 0 Å². The first-order chi connectivity index (χ1) is 7.25. The Morgan fingerprint density at radius 3 is 2.67 bits per heavy atom. The monoisotopic (exact) mass is 195 g/mol. The van der Waals surface area contributed by atoms with Gasteiger partial charge in [-0.15, -0.1) is 0 Å². The number of H-pyrrole nitrogens is 1. The topological polar surface area (TPSA) is 15.8 Å². The molecule has 0 radical (unpaired) electrons. The molecule has 0 unspecified atom stereocenters. The Hall–Kier alpha value is -1.76. The van der Waals surface area contributed by atoms with Crippen LogP contribution < -0.4 is 0 Å². The predicted molar refractivity (Wildman–Crippen MR) is 65.3 cm³/mol. The van der Waals surface area contributed by atoms with Crippen LogP contribution in [0.25, 0.3) is 21.8 Å². The normalized spacial score (nSPS) is 11.3. The molecule has 1 N–H and O–H groups in total. The molecule has 0 amide bonds. The van der Waals surface area contributed by atoms with E-state index in [1.54, 1.807) is 0 Å². The summed E-state index contributed by atoms with van der Waals surface area (Å²) in [5.41, 5.74) is 5.11. The van der Waals surface area contributed by atoms with Gasteiger partial charge in [-0.25, -0.2) is 0 Å². The van der Waals surface area contributed by atoms with Gasteiger partial charge in [-0.1, -0.05) is 23.8 Å². The first-order valence-corrected chi connectivity index (χ1v) is 5.23. The second-order valence-electron chi connectivity index (χ2n) is 4.17. The Bertz CT molecular complexity index is 647. The second kappa shape index (κ2) is 2.86. The zero-order valence-corrected chi connectivity index (χ0v) is 8.96. The van der Waals surface area contributed by atoms with E-state index < -0.39 is 0 Å². The number of rotatable bonds is 0. The lowest BCUT2D eigenvalue weighted by molar-refractivity contribution is 1.48. The van der Waals surface area contributed by atoms with Gasteiger partial charge >= 0.3 is 0 Å². The quantitative estimate of drug-likeness (QED) is 0.559. The summed E-state index contributed by atoms with van der Waals surface area (Å²) in [6.07, 6.45) is 0. The molecular weight excluding hydrogens is 182 g/mol. The standard InChI is InChI=1S/C14H13N/c1-9-6-7-12-11(8-9)14-10(2)4-3-5-13(14)15-12/h3-8,15H,1-2H3. The molecule has 0 aliphatic rings. The molecule has 0 saturated heterocycles. The van der Waals surface area contributed by atoms with E-state index in [9.17, 15) is 0 Å². The largest absolute Gasteiger partial charge is 0.355 e. The van der Waals surface area contributed by atoms with Crippen molar-refractivity contribution < 1.29 is 0 Å². The molecule has 1 heterocycles. The fraction of sp³-hybridized carbons (Fsp3) is 0.143. The fourth-order valence-corrected chi connectivity index (χ4v) is 2.25. The lowest BCUT2D eigenvalue weighted by Crippen LogP contribution is -1.74. The smallest absolute Gasteiger partial charge is 0.0467 e.